The summed E-state index contributed by atoms with van der Waals surface area (Å²) in [6, 6.07) is 5.52. The number of urea groups is 2. The van der Waals surface area contributed by atoms with E-state index < -0.39 is 0 Å². The van der Waals surface area contributed by atoms with Crippen LogP contribution in [0.4, 0.5) is 21.0 Å². The summed E-state index contributed by atoms with van der Waals surface area (Å²) in [4.78, 5) is 28.7. The van der Waals surface area contributed by atoms with E-state index in [9.17, 15) is 9.59 Å². The average molecular weight is 392 g/mol. The lowest BCUT2D eigenvalue weighted by Gasteiger charge is -2.33. The highest BCUT2D eigenvalue weighted by Gasteiger charge is 2.24. The van der Waals surface area contributed by atoms with Crippen LogP contribution in [-0.2, 0) is 6.54 Å². The van der Waals surface area contributed by atoms with Gasteiger partial charge in [0, 0.05) is 50.1 Å². The number of carbonyl (C=O) groups excluding carboxylic acids is 2. The molecule has 1 unspecified atom stereocenters. The predicted octanol–water partition coefficient (Wildman–Crippen LogP) is 4.00. The summed E-state index contributed by atoms with van der Waals surface area (Å²) in [7, 11) is 3.94. The maximum absolute atomic E-state index is 12.9. The maximum atomic E-state index is 12.9. The fourth-order valence-corrected chi connectivity index (χ4v) is 2.79. The summed E-state index contributed by atoms with van der Waals surface area (Å²) in [5.41, 5.74) is 2.38. The van der Waals surface area contributed by atoms with Crippen molar-refractivity contribution in [2.45, 2.75) is 66.1 Å². The van der Waals surface area contributed by atoms with Gasteiger partial charge in [-0.1, -0.05) is 6.92 Å². The van der Waals surface area contributed by atoms with Crippen LogP contribution >= 0.6 is 0 Å². The molecule has 4 amide bonds. The Labute approximate surface area is 169 Å². The van der Waals surface area contributed by atoms with E-state index in [0.717, 1.165) is 17.7 Å². The first-order chi connectivity index (χ1) is 13.0. The molecule has 0 saturated heterocycles. The van der Waals surface area contributed by atoms with Crippen molar-refractivity contribution in [3.05, 3.63) is 23.8 Å². The standard InChI is InChI=1S/C21H37N5O2/c1-9-15(3)26(20(28)24-21(4,5)6)14-16-13-17(23-19(27)22-10-2)11-12-18(16)25(7)8/h11-13,15H,9-10,14H2,1-8H3,(H,24,28)(H2,22,23,27). The number of rotatable bonds is 7. The van der Waals surface area contributed by atoms with Gasteiger partial charge in [0.25, 0.3) is 0 Å². The van der Waals surface area contributed by atoms with Crippen molar-refractivity contribution in [2.24, 2.45) is 0 Å². The molecule has 0 radical (unpaired) electrons. The highest BCUT2D eigenvalue weighted by Crippen LogP contribution is 2.26. The zero-order valence-corrected chi connectivity index (χ0v) is 18.6. The fourth-order valence-electron chi connectivity index (χ4n) is 2.79. The molecule has 0 saturated carbocycles. The second-order valence-electron chi connectivity index (χ2n) is 8.29. The molecule has 1 aromatic carbocycles. The molecule has 1 atom stereocenters. The first-order valence-electron chi connectivity index (χ1n) is 9.92. The molecule has 158 valence electrons. The number of benzene rings is 1. The van der Waals surface area contributed by atoms with E-state index in [1.54, 1.807) is 0 Å². The fraction of sp³-hybridized carbons (Fsp3) is 0.619. The van der Waals surface area contributed by atoms with Crippen molar-refractivity contribution in [3.8, 4) is 0 Å². The summed E-state index contributed by atoms with van der Waals surface area (Å²) in [6.45, 7) is 12.9. The maximum Gasteiger partial charge on any atom is 0.319 e. The number of nitrogens with zero attached hydrogens (tertiary/aromatic N) is 2. The zero-order valence-electron chi connectivity index (χ0n) is 18.6. The molecule has 1 aromatic rings. The number of anilines is 2. The largest absolute Gasteiger partial charge is 0.377 e. The molecular formula is C21H37N5O2. The first-order valence-corrected chi connectivity index (χ1v) is 9.92. The van der Waals surface area contributed by atoms with E-state index in [1.807, 2.05) is 76.7 Å². The van der Waals surface area contributed by atoms with Crippen molar-refractivity contribution >= 4 is 23.4 Å². The molecule has 0 bridgehead atoms. The quantitative estimate of drug-likeness (QED) is 0.657. The molecule has 7 nitrogen and oxygen atoms in total. The third-order valence-corrected chi connectivity index (χ3v) is 4.36. The summed E-state index contributed by atoms with van der Waals surface area (Å²) >= 11 is 0. The van der Waals surface area contributed by atoms with Gasteiger partial charge in [0.1, 0.15) is 0 Å². The Morgan fingerprint density at radius 3 is 2.29 bits per heavy atom. The Morgan fingerprint density at radius 2 is 1.79 bits per heavy atom. The van der Waals surface area contributed by atoms with Crippen LogP contribution in [0.2, 0.25) is 0 Å². The molecular weight excluding hydrogens is 354 g/mol. The number of hydrogen-bond acceptors (Lipinski definition) is 3. The van der Waals surface area contributed by atoms with Gasteiger partial charge >= 0.3 is 12.1 Å². The number of carbonyl (C=O) groups is 2. The lowest BCUT2D eigenvalue weighted by Crippen LogP contribution is -2.51. The summed E-state index contributed by atoms with van der Waals surface area (Å²) in [5, 5.41) is 8.63. The van der Waals surface area contributed by atoms with Crippen LogP contribution in [-0.4, -0.2) is 49.2 Å². The van der Waals surface area contributed by atoms with Crippen LogP contribution in [0.5, 0.6) is 0 Å². The molecule has 0 aliphatic rings. The Hall–Kier alpha value is -2.44. The number of nitrogens with one attached hydrogen (secondary N) is 3. The highest BCUT2D eigenvalue weighted by molar-refractivity contribution is 5.89. The van der Waals surface area contributed by atoms with Crippen molar-refractivity contribution in [2.75, 3.05) is 30.9 Å². The van der Waals surface area contributed by atoms with Gasteiger partial charge in [-0.3, -0.25) is 0 Å². The molecule has 3 N–H and O–H groups in total. The third kappa shape index (κ3) is 7.29. The van der Waals surface area contributed by atoms with Gasteiger partial charge in [-0.2, -0.15) is 0 Å². The van der Waals surface area contributed by atoms with Crippen LogP contribution in [0.15, 0.2) is 18.2 Å². The highest BCUT2D eigenvalue weighted by atomic mass is 16.2. The summed E-state index contributed by atoms with van der Waals surface area (Å²) in [6.07, 6.45) is 0.853. The van der Waals surface area contributed by atoms with E-state index >= 15 is 0 Å². The molecule has 0 spiro atoms. The van der Waals surface area contributed by atoms with Crippen molar-refractivity contribution in [1.82, 2.24) is 15.5 Å². The Bertz CT molecular complexity index is 667. The minimum absolute atomic E-state index is 0.0809. The molecule has 0 aromatic heterocycles. The van der Waals surface area contributed by atoms with Crippen LogP contribution < -0.4 is 20.9 Å². The van der Waals surface area contributed by atoms with Crippen molar-refractivity contribution in [1.29, 1.82) is 0 Å². The molecule has 1 rings (SSSR count). The Balaban J connectivity index is 3.20. The van der Waals surface area contributed by atoms with Gasteiger partial charge in [0.15, 0.2) is 0 Å². The Kier molecular flexibility index (Phi) is 8.60. The molecule has 0 fully saturated rings. The van der Waals surface area contributed by atoms with Crippen molar-refractivity contribution in [3.63, 3.8) is 0 Å². The third-order valence-electron chi connectivity index (χ3n) is 4.36. The van der Waals surface area contributed by atoms with Gasteiger partial charge in [-0.25, -0.2) is 9.59 Å². The van der Waals surface area contributed by atoms with Crippen LogP contribution in [0.3, 0.4) is 0 Å². The smallest absolute Gasteiger partial charge is 0.319 e. The first kappa shape index (κ1) is 23.6. The Morgan fingerprint density at radius 1 is 1.14 bits per heavy atom. The normalized spacial score (nSPS) is 12.1. The zero-order chi connectivity index (χ0) is 21.5. The lowest BCUT2D eigenvalue weighted by atomic mass is 10.1. The number of hydrogen-bond donors (Lipinski definition) is 3. The average Bonchev–Trinajstić information content (AvgIpc) is 2.57. The van der Waals surface area contributed by atoms with E-state index in [1.165, 1.54) is 0 Å². The monoisotopic (exact) mass is 391 g/mol. The topological polar surface area (TPSA) is 76.7 Å². The number of amides is 4. The summed E-state index contributed by atoms with van der Waals surface area (Å²) < 4.78 is 0. The predicted molar refractivity (Wildman–Crippen MR) is 117 cm³/mol. The van der Waals surface area contributed by atoms with E-state index in [2.05, 4.69) is 22.9 Å². The van der Waals surface area contributed by atoms with Gasteiger partial charge in [-0.15, -0.1) is 0 Å². The second kappa shape index (κ2) is 10.2. The minimum atomic E-state index is -0.311. The lowest BCUT2D eigenvalue weighted by molar-refractivity contribution is 0.165. The van der Waals surface area contributed by atoms with Crippen LogP contribution in [0.1, 0.15) is 53.5 Å². The van der Waals surface area contributed by atoms with Crippen LogP contribution in [0, 0.1) is 0 Å². The molecule has 0 heterocycles. The van der Waals surface area contributed by atoms with E-state index in [4.69, 9.17) is 0 Å². The van der Waals surface area contributed by atoms with E-state index in [-0.39, 0.29) is 23.6 Å². The molecule has 28 heavy (non-hydrogen) atoms. The van der Waals surface area contributed by atoms with Gasteiger partial charge in [-0.05, 0) is 64.8 Å². The second-order valence-corrected chi connectivity index (χ2v) is 8.29. The van der Waals surface area contributed by atoms with Gasteiger partial charge in [0.05, 0.1) is 0 Å². The molecule has 0 aliphatic carbocycles. The van der Waals surface area contributed by atoms with Crippen LogP contribution in [0.25, 0.3) is 0 Å². The molecule has 7 heteroatoms. The van der Waals surface area contributed by atoms with Gasteiger partial charge < -0.3 is 25.8 Å². The van der Waals surface area contributed by atoms with E-state index in [0.29, 0.717) is 18.8 Å². The molecule has 0 aliphatic heterocycles. The van der Waals surface area contributed by atoms with Gasteiger partial charge in [0.2, 0.25) is 0 Å². The van der Waals surface area contributed by atoms with Crippen molar-refractivity contribution < 1.29 is 9.59 Å². The SMILES string of the molecule is CCNC(=O)Nc1ccc(N(C)C)c(CN(C(=O)NC(C)(C)C)C(C)CC)c1. The summed E-state index contributed by atoms with van der Waals surface area (Å²) in [5.74, 6) is 0. The minimum Gasteiger partial charge on any atom is -0.377 e.